The average molecular weight is 385 g/mol. The molecule has 1 saturated heterocycles. The number of aromatic nitrogens is 2. The van der Waals surface area contributed by atoms with Gasteiger partial charge in [-0.15, -0.1) is 0 Å². The van der Waals surface area contributed by atoms with Gasteiger partial charge in [0.15, 0.2) is 11.5 Å². The smallest absolute Gasteiger partial charge is 0.240 e. The van der Waals surface area contributed by atoms with Crippen molar-refractivity contribution in [2.45, 2.75) is 31.6 Å². The van der Waals surface area contributed by atoms with E-state index < -0.39 is 10.0 Å². The molecule has 0 unspecified atom stereocenters. The first-order chi connectivity index (χ1) is 12.9. The molecule has 0 spiro atoms. The summed E-state index contributed by atoms with van der Waals surface area (Å²) in [5.41, 5.74) is 2.36. The zero-order chi connectivity index (χ0) is 19.4. The molecule has 2 heterocycles. The summed E-state index contributed by atoms with van der Waals surface area (Å²) in [7, 11) is -3.50. The molecule has 1 aromatic carbocycles. The number of nitrogens with one attached hydrogen (secondary N) is 1. The second-order valence-corrected chi connectivity index (χ2v) is 8.64. The maximum absolute atomic E-state index is 12.5. The van der Waals surface area contributed by atoms with E-state index in [-0.39, 0.29) is 5.92 Å². The van der Waals surface area contributed by atoms with Crippen LogP contribution < -0.4 is 9.62 Å². The summed E-state index contributed by atoms with van der Waals surface area (Å²) in [6.07, 6.45) is 4.75. The highest BCUT2D eigenvalue weighted by Gasteiger charge is 2.24. The first kappa shape index (κ1) is 19.3. The summed E-state index contributed by atoms with van der Waals surface area (Å²) in [6.45, 7) is 5.73. The number of hydrogen-bond acceptors (Lipinski definition) is 6. The summed E-state index contributed by atoms with van der Waals surface area (Å²) < 4.78 is 27.8. The fraction of sp³-hybridized carbons (Fsp3) is 0.421. The molecule has 0 aliphatic carbocycles. The lowest BCUT2D eigenvalue weighted by molar-refractivity contribution is 0.400. The highest BCUT2D eigenvalue weighted by molar-refractivity contribution is 7.89. The lowest BCUT2D eigenvalue weighted by Gasteiger charge is -2.32. The maximum Gasteiger partial charge on any atom is 0.240 e. The van der Waals surface area contributed by atoms with Gasteiger partial charge < -0.3 is 4.90 Å². The molecule has 0 bridgehead atoms. The van der Waals surface area contributed by atoms with Gasteiger partial charge in [0.25, 0.3) is 0 Å². The van der Waals surface area contributed by atoms with Crippen molar-refractivity contribution in [1.82, 2.24) is 14.7 Å². The Morgan fingerprint density at radius 3 is 2.56 bits per heavy atom. The topological polar surface area (TPSA) is 99.0 Å². The van der Waals surface area contributed by atoms with Gasteiger partial charge in [0, 0.05) is 32.0 Å². The van der Waals surface area contributed by atoms with Crippen LogP contribution in [0.2, 0.25) is 0 Å². The molecule has 1 N–H and O–H groups in total. The second-order valence-electron chi connectivity index (χ2n) is 6.87. The van der Waals surface area contributed by atoms with Gasteiger partial charge in [0.05, 0.1) is 4.90 Å². The Hall–Kier alpha value is -2.50. The minimum atomic E-state index is -3.50. The van der Waals surface area contributed by atoms with E-state index in [2.05, 4.69) is 20.8 Å². The van der Waals surface area contributed by atoms with Gasteiger partial charge in [0.1, 0.15) is 6.07 Å². The molecule has 1 aliphatic heterocycles. The van der Waals surface area contributed by atoms with Crippen molar-refractivity contribution in [3.63, 3.8) is 0 Å². The number of benzene rings is 1. The van der Waals surface area contributed by atoms with Crippen LogP contribution in [-0.2, 0) is 10.0 Å². The SMILES string of the molecule is Cc1ccc(S(=O)(=O)NCC2CCN(c3nccnc3C#N)CC2)cc1C. The first-order valence-corrected chi connectivity index (χ1v) is 10.4. The van der Waals surface area contributed by atoms with Crippen LogP contribution in [0.4, 0.5) is 5.82 Å². The zero-order valence-electron chi connectivity index (χ0n) is 15.5. The number of nitriles is 1. The Kier molecular flexibility index (Phi) is 5.73. The Bertz CT molecular complexity index is 960. The quantitative estimate of drug-likeness (QED) is 0.847. The van der Waals surface area contributed by atoms with E-state index in [9.17, 15) is 8.42 Å². The van der Waals surface area contributed by atoms with Crippen LogP contribution in [0.3, 0.4) is 0 Å². The predicted octanol–water partition coefficient (Wildman–Crippen LogP) is 2.16. The van der Waals surface area contributed by atoms with Crippen LogP contribution in [0, 0.1) is 31.1 Å². The van der Waals surface area contributed by atoms with Crippen LogP contribution in [-0.4, -0.2) is 38.0 Å². The fourth-order valence-corrected chi connectivity index (χ4v) is 4.38. The molecular weight excluding hydrogens is 362 g/mol. The molecule has 1 aliphatic rings. The number of sulfonamides is 1. The van der Waals surface area contributed by atoms with Crippen molar-refractivity contribution in [3.8, 4) is 6.07 Å². The molecule has 3 rings (SSSR count). The third kappa shape index (κ3) is 4.43. The Balaban J connectivity index is 1.58. The lowest BCUT2D eigenvalue weighted by atomic mass is 9.97. The molecule has 0 amide bonds. The highest BCUT2D eigenvalue weighted by atomic mass is 32.2. The molecule has 142 valence electrons. The van der Waals surface area contributed by atoms with Crippen molar-refractivity contribution in [2.75, 3.05) is 24.5 Å². The molecule has 2 aromatic rings. The second kappa shape index (κ2) is 8.03. The molecule has 1 fully saturated rings. The molecule has 0 atom stereocenters. The van der Waals surface area contributed by atoms with E-state index in [1.807, 2.05) is 24.8 Å². The Morgan fingerprint density at radius 2 is 1.89 bits per heavy atom. The van der Waals surface area contributed by atoms with E-state index in [0.717, 1.165) is 37.1 Å². The van der Waals surface area contributed by atoms with Crippen molar-refractivity contribution < 1.29 is 8.42 Å². The van der Waals surface area contributed by atoms with Crippen molar-refractivity contribution >= 4 is 15.8 Å². The summed E-state index contributed by atoms with van der Waals surface area (Å²) >= 11 is 0. The Labute approximate surface area is 160 Å². The van der Waals surface area contributed by atoms with Gasteiger partial charge >= 0.3 is 0 Å². The van der Waals surface area contributed by atoms with Crippen LogP contribution in [0.1, 0.15) is 29.7 Å². The van der Waals surface area contributed by atoms with Crippen LogP contribution in [0.25, 0.3) is 0 Å². The van der Waals surface area contributed by atoms with E-state index in [1.165, 1.54) is 6.20 Å². The highest BCUT2D eigenvalue weighted by Crippen LogP contribution is 2.23. The van der Waals surface area contributed by atoms with Crippen molar-refractivity contribution in [3.05, 3.63) is 47.4 Å². The summed E-state index contributed by atoms with van der Waals surface area (Å²) in [4.78, 5) is 10.7. The molecule has 7 nitrogen and oxygen atoms in total. The predicted molar refractivity (Wildman–Crippen MR) is 103 cm³/mol. The number of nitrogens with zero attached hydrogens (tertiary/aromatic N) is 4. The molecule has 27 heavy (non-hydrogen) atoms. The van der Waals surface area contributed by atoms with Gasteiger partial charge in [-0.25, -0.2) is 23.1 Å². The third-order valence-corrected chi connectivity index (χ3v) is 6.47. The minimum Gasteiger partial charge on any atom is -0.354 e. The molecule has 0 radical (unpaired) electrons. The van der Waals surface area contributed by atoms with Crippen LogP contribution in [0.15, 0.2) is 35.5 Å². The largest absolute Gasteiger partial charge is 0.354 e. The maximum atomic E-state index is 12.5. The Morgan fingerprint density at radius 1 is 1.19 bits per heavy atom. The van der Waals surface area contributed by atoms with Gasteiger partial charge in [-0.05, 0) is 55.9 Å². The van der Waals surface area contributed by atoms with Crippen molar-refractivity contribution in [1.29, 1.82) is 5.26 Å². The number of piperidine rings is 1. The van der Waals surface area contributed by atoms with E-state index in [4.69, 9.17) is 5.26 Å². The summed E-state index contributed by atoms with van der Waals surface area (Å²) in [6, 6.07) is 7.25. The lowest BCUT2D eigenvalue weighted by Crippen LogP contribution is -2.39. The van der Waals surface area contributed by atoms with Gasteiger partial charge in [-0.3, -0.25) is 0 Å². The monoisotopic (exact) mass is 385 g/mol. The normalized spacial score (nSPS) is 15.5. The van der Waals surface area contributed by atoms with Crippen molar-refractivity contribution in [2.24, 2.45) is 5.92 Å². The van der Waals surface area contributed by atoms with E-state index in [0.29, 0.717) is 23.0 Å². The number of hydrogen-bond donors (Lipinski definition) is 1. The average Bonchev–Trinajstić information content (AvgIpc) is 2.69. The van der Waals surface area contributed by atoms with Crippen LogP contribution >= 0.6 is 0 Å². The minimum absolute atomic E-state index is 0.254. The summed E-state index contributed by atoms with van der Waals surface area (Å²) in [5, 5.41) is 9.16. The third-order valence-electron chi connectivity index (χ3n) is 5.05. The molecule has 8 heteroatoms. The standard InChI is InChI=1S/C19H23N5O2S/c1-14-3-4-17(11-15(14)2)27(25,26)23-13-16-5-9-24(10-6-16)19-18(12-20)21-7-8-22-19/h3-4,7-8,11,16,23H,5-6,9-10,13H2,1-2H3. The molecule has 0 saturated carbocycles. The van der Waals surface area contributed by atoms with E-state index in [1.54, 1.807) is 18.3 Å². The number of anilines is 1. The molecular formula is C19H23N5O2S. The molecule has 1 aromatic heterocycles. The van der Waals surface area contributed by atoms with Gasteiger partial charge in [0.2, 0.25) is 10.0 Å². The van der Waals surface area contributed by atoms with Gasteiger partial charge in [-0.1, -0.05) is 6.07 Å². The van der Waals surface area contributed by atoms with Crippen LogP contribution in [0.5, 0.6) is 0 Å². The van der Waals surface area contributed by atoms with Gasteiger partial charge in [-0.2, -0.15) is 5.26 Å². The van der Waals surface area contributed by atoms with E-state index >= 15 is 0 Å². The fourth-order valence-electron chi connectivity index (χ4n) is 3.18. The first-order valence-electron chi connectivity index (χ1n) is 8.93. The zero-order valence-corrected chi connectivity index (χ0v) is 16.3. The number of rotatable bonds is 5. The summed E-state index contributed by atoms with van der Waals surface area (Å²) in [5.74, 6) is 0.860. The number of aryl methyl sites for hydroxylation is 2.